The standard InChI is InChI=1S/C34H30N3O2.C23H20N2.C15H15N3O2.C7H13N3.C4H6N2/c1-26-24-36(25-35(26)22-13-23-37-32(38)30-20-11-12-21-31(30)33(37)39)34(27-14-5-2-6-15-27,28-16-7-3-8-17-28)29-18-9-4-10-19-29;1-19-17-25(18-24-19)23(20-11-5-2-6-12-20,21-13-7-3-8-14-21)22-15-9-4-10-16-22;1-11-9-16-10-17(11)7-4-8-18-14(19)12-5-2-3-6-13(12)15(18)20;1-7-5-9-6-10(7)4-2-3-8;1-4-2-5-3-6-4/h2-12,14-21,24-25H,13,22-23H2,1H3;2-18H,1H3;2-3,5-6,9-10H,4,7-8H2,1H3;5-6H,2-4,8H2,1H3;2-3H,1H3,(H,5,6)/q+1;;;;. The smallest absolute Gasteiger partial charge is 0.261 e. The lowest BCUT2D eigenvalue weighted by atomic mass is 9.77. The first kappa shape index (κ1) is 69.4. The lowest BCUT2D eigenvalue weighted by molar-refractivity contribution is -0.734. The van der Waals surface area contributed by atoms with Crippen LogP contribution in [0.1, 0.15) is 123 Å². The molecule has 0 spiro atoms. The van der Waals surface area contributed by atoms with Crippen LogP contribution < -0.4 is 10.3 Å². The molecule has 2 aliphatic rings. The maximum atomic E-state index is 12.8. The molecule has 0 bridgehead atoms. The normalized spacial score (nSPS) is 12.3. The predicted molar refractivity (Wildman–Crippen MR) is 389 cm³/mol. The van der Waals surface area contributed by atoms with E-state index in [1.165, 1.54) is 32.2 Å². The summed E-state index contributed by atoms with van der Waals surface area (Å²) in [6.07, 6.45) is 21.5. The Balaban J connectivity index is 0.000000142. The van der Waals surface area contributed by atoms with Crippen molar-refractivity contribution in [2.45, 2.75) is 84.6 Å². The molecule has 17 nitrogen and oxygen atoms in total. The molecule has 0 fully saturated rings. The predicted octanol–water partition coefficient (Wildman–Crippen LogP) is 13.8. The fourth-order valence-corrected chi connectivity index (χ4v) is 13.1. The summed E-state index contributed by atoms with van der Waals surface area (Å²) < 4.78 is 10.8. The zero-order chi connectivity index (χ0) is 69.9. The second kappa shape index (κ2) is 32.9. The van der Waals surface area contributed by atoms with E-state index in [0.29, 0.717) is 48.3 Å². The molecule has 8 aromatic carbocycles. The first-order valence-electron chi connectivity index (χ1n) is 33.8. The molecule has 15 rings (SSSR count). The Hall–Kier alpha value is -12.0. The molecule has 0 saturated heterocycles. The second-order valence-electron chi connectivity index (χ2n) is 24.7. The maximum Gasteiger partial charge on any atom is 0.261 e. The number of nitrogens with zero attached hydrogens (tertiary/aromatic N) is 11. The van der Waals surface area contributed by atoms with Crippen molar-refractivity contribution < 1.29 is 23.7 Å². The third-order valence-corrected chi connectivity index (χ3v) is 18.1. The van der Waals surface area contributed by atoms with E-state index in [0.717, 1.165) is 71.9 Å². The van der Waals surface area contributed by atoms with Crippen LogP contribution in [0, 0.1) is 34.6 Å². The summed E-state index contributed by atoms with van der Waals surface area (Å²) in [4.78, 5) is 71.9. The number of rotatable bonds is 19. The van der Waals surface area contributed by atoms with E-state index in [4.69, 9.17) is 5.73 Å². The van der Waals surface area contributed by atoms with Gasteiger partial charge in [0.15, 0.2) is 5.54 Å². The fourth-order valence-electron chi connectivity index (χ4n) is 13.1. The van der Waals surface area contributed by atoms with Gasteiger partial charge in [-0.25, -0.2) is 29.1 Å². The third-order valence-electron chi connectivity index (χ3n) is 18.1. The van der Waals surface area contributed by atoms with Gasteiger partial charge in [-0.1, -0.05) is 206 Å². The molecule has 5 aromatic heterocycles. The molecule has 0 radical (unpaired) electrons. The molecule has 504 valence electrons. The van der Waals surface area contributed by atoms with E-state index >= 15 is 0 Å². The van der Waals surface area contributed by atoms with Crippen LogP contribution in [0.3, 0.4) is 0 Å². The molecule has 100 heavy (non-hydrogen) atoms. The lowest BCUT2D eigenvalue weighted by Crippen LogP contribution is -2.57. The molecule has 0 unspecified atom stereocenters. The van der Waals surface area contributed by atoms with Crippen LogP contribution in [-0.2, 0) is 30.7 Å². The SMILES string of the molecule is Cc1c[n+](C(c2ccccc2)(c2ccccc2)c2ccccc2)cn1CCCN1C(=O)c2ccccc2C1=O.Cc1cn(C(c2ccccc2)(c2ccccc2)c2ccccc2)cn1.Cc1cnc[nH]1.Cc1cncn1CCCN.Cc1cncn1CCCN1C(=O)c2ccccc2C1=O. The van der Waals surface area contributed by atoms with Gasteiger partial charge in [0.1, 0.15) is 17.4 Å². The van der Waals surface area contributed by atoms with E-state index < -0.39 is 11.1 Å². The molecule has 2 aliphatic heterocycles. The zero-order valence-electron chi connectivity index (χ0n) is 57.2. The Morgan fingerprint density at radius 1 is 0.400 bits per heavy atom. The van der Waals surface area contributed by atoms with Crippen molar-refractivity contribution in [3.63, 3.8) is 0 Å². The molecular weight excluding hydrogens is 1240 g/mol. The van der Waals surface area contributed by atoms with E-state index in [1.54, 1.807) is 73.6 Å². The number of imide groups is 2. The molecule has 3 N–H and O–H groups in total. The van der Waals surface area contributed by atoms with Crippen LogP contribution in [0.4, 0.5) is 0 Å². The number of hydrogen-bond acceptors (Lipinski definition) is 9. The molecule has 0 aliphatic carbocycles. The van der Waals surface area contributed by atoms with E-state index in [2.05, 4.69) is 233 Å². The Bertz CT molecular complexity index is 4500. The van der Waals surface area contributed by atoms with Crippen molar-refractivity contribution in [3.8, 4) is 0 Å². The molecule has 0 saturated carbocycles. The number of H-pyrrole nitrogens is 1. The largest absolute Gasteiger partial charge is 0.349 e. The molecule has 7 heterocycles. The number of carbonyl (C=O) groups is 4. The van der Waals surface area contributed by atoms with Crippen LogP contribution in [0.25, 0.3) is 0 Å². The third kappa shape index (κ3) is 15.2. The van der Waals surface area contributed by atoms with Crippen LogP contribution >= 0.6 is 0 Å². The molecule has 0 atom stereocenters. The average Bonchev–Trinajstić information content (AvgIpc) is 1.16. The van der Waals surface area contributed by atoms with Gasteiger partial charge < -0.3 is 24.4 Å². The number of benzene rings is 8. The van der Waals surface area contributed by atoms with Crippen LogP contribution in [-0.4, -0.2) is 96.3 Å². The van der Waals surface area contributed by atoms with E-state index in [1.807, 2.05) is 69.3 Å². The molecule has 4 amide bonds. The van der Waals surface area contributed by atoms with E-state index in [-0.39, 0.29) is 23.6 Å². The minimum atomic E-state index is -0.581. The van der Waals surface area contributed by atoms with Crippen molar-refractivity contribution >= 4 is 23.6 Å². The summed E-state index contributed by atoms with van der Waals surface area (Å²) in [6.45, 7) is 14.1. The van der Waals surface area contributed by atoms with Crippen molar-refractivity contribution in [1.82, 2.24) is 53.0 Å². The number of nitrogens with one attached hydrogen (secondary N) is 1. The van der Waals surface area contributed by atoms with Gasteiger partial charge in [-0.05, 0) is 88.0 Å². The number of carbonyl (C=O) groups excluding carboxylic acids is 4. The quantitative estimate of drug-likeness (QED) is 0.0450. The second-order valence-corrected chi connectivity index (χ2v) is 24.7. The highest BCUT2D eigenvalue weighted by Gasteiger charge is 2.44. The summed E-state index contributed by atoms with van der Waals surface area (Å²) in [7, 11) is 0. The molecular formula is C83H84N13O4+. The number of amides is 4. The number of fused-ring (bicyclic) bond motifs is 2. The maximum absolute atomic E-state index is 12.8. The van der Waals surface area contributed by atoms with Crippen molar-refractivity contribution in [3.05, 3.63) is 377 Å². The highest BCUT2D eigenvalue weighted by Crippen LogP contribution is 2.41. The topological polar surface area (TPSA) is 192 Å². The first-order chi connectivity index (χ1) is 48.8. The highest BCUT2D eigenvalue weighted by atomic mass is 16.2. The molecule has 13 aromatic rings. The summed E-state index contributed by atoms with van der Waals surface area (Å²) in [5, 5.41) is 0. The first-order valence-corrected chi connectivity index (χ1v) is 33.8. The van der Waals surface area contributed by atoms with E-state index in [9.17, 15) is 19.2 Å². The van der Waals surface area contributed by atoms with Gasteiger partial charge in [-0.15, -0.1) is 0 Å². The Kier molecular flexibility index (Phi) is 22.8. The van der Waals surface area contributed by atoms with Crippen molar-refractivity contribution in [1.29, 1.82) is 0 Å². The number of aryl methyl sites for hydroxylation is 8. The van der Waals surface area contributed by atoms with Gasteiger partial charge in [0.25, 0.3) is 23.6 Å². The van der Waals surface area contributed by atoms with Crippen LogP contribution in [0.15, 0.2) is 293 Å². The number of imidazole rings is 5. The van der Waals surface area contributed by atoms with Crippen LogP contribution in [0.2, 0.25) is 0 Å². The minimum absolute atomic E-state index is 0.187. The van der Waals surface area contributed by atoms with Crippen molar-refractivity contribution in [2.75, 3.05) is 19.6 Å². The Morgan fingerprint density at radius 2 is 0.760 bits per heavy atom. The van der Waals surface area contributed by atoms with Gasteiger partial charge in [-0.3, -0.25) is 29.0 Å². The Morgan fingerprint density at radius 3 is 1.07 bits per heavy atom. The Labute approximate surface area is 584 Å². The van der Waals surface area contributed by atoms with Crippen LogP contribution in [0.5, 0.6) is 0 Å². The minimum Gasteiger partial charge on any atom is -0.349 e. The van der Waals surface area contributed by atoms with Crippen molar-refractivity contribution in [2.24, 2.45) is 5.73 Å². The zero-order valence-corrected chi connectivity index (χ0v) is 57.2. The lowest BCUT2D eigenvalue weighted by Gasteiger charge is -2.37. The number of hydrogen-bond donors (Lipinski definition) is 2. The van der Waals surface area contributed by atoms with Gasteiger partial charge in [0.05, 0.1) is 59.8 Å². The summed E-state index contributed by atoms with van der Waals surface area (Å²) in [5.74, 6) is -0.779. The average molecular weight is 1330 g/mol. The van der Waals surface area contributed by atoms with Gasteiger partial charge in [0.2, 0.25) is 6.33 Å². The molecule has 17 heteroatoms. The highest BCUT2D eigenvalue weighted by molar-refractivity contribution is 6.22. The summed E-state index contributed by atoms with van der Waals surface area (Å²) in [5.41, 5.74) is 19.0. The summed E-state index contributed by atoms with van der Waals surface area (Å²) in [6, 6.07) is 77.7. The monoisotopic (exact) mass is 1330 g/mol. The van der Waals surface area contributed by atoms with Gasteiger partial charge >= 0.3 is 0 Å². The fraction of sp³-hybridized carbons (Fsp3) is 0.193. The van der Waals surface area contributed by atoms with Gasteiger partial charge in [-0.2, -0.15) is 0 Å². The van der Waals surface area contributed by atoms with Gasteiger partial charge in [0, 0.05) is 98.1 Å². The number of aromatic nitrogens is 10. The summed E-state index contributed by atoms with van der Waals surface area (Å²) >= 11 is 0. The number of nitrogens with two attached hydrogens (primary N) is 1. The number of aromatic amines is 1.